The average molecular weight is 252 g/mol. The monoisotopic (exact) mass is 252 g/mol. The summed E-state index contributed by atoms with van der Waals surface area (Å²) in [4.78, 5) is 2.75. The quantitative estimate of drug-likeness (QED) is 0.814. The fourth-order valence-corrected chi connectivity index (χ4v) is 4.04. The van der Waals surface area contributed by atoms with E-state index in [9.17, 15) is 0 Å². The van der Waals surface area contributed by atoms with Crippen LogP contribution in [0.3, 0.4) is 0 Å². The van der Waals surface area contributed by atoms with Gasteiger partial charge in [0.15, 0.2) is 0 Å². The molecule has 2 aliphatic heterocycles. The molecule has 0 aromatic heterocycles. The fraction of sp³-hybridized carbons (Fsp3) is 1.00. The second-order valence-corrected chi connectivity index (χ2v) is 6.30. The lowest BCUT2D eigenvalue weighted by Crippen LogP contribution is -2.57. The number of nitrogens with zero attached hydrogens (tertiary/aromatic N) is 1. The molecule has 0 amide bonds. The first kappa shape index (κ1) is 12.9. The second-order valence-electron chi connectivity index (χ2n) is 6.30. The van der Waals surface area contributed by atoms with Gasteiger partial charge in [0.2, 0.25) is 0 Å². The van der Waals surface area contributed by atoms with E-state index in [1.54, 1.807) is 0 Å². The standard InChI is InChI=1S/C15H28N2O/c1-2-4-13(5-3-1)15-12-17(9-8-16-15)14-6-10-18-11-7-14/h13-16H,1-12H2. The fourth-order valence-electron chi connectivity index (χ4n) is 4.04. The van der Waals surface area contributed by atoms with E-state index in [1.807, 2.05) is 0 Å². The van der Waals surface area contributed by atoms with Crippen LogP contribution >= 0.6 is 0 Å². The Morgan fingerprint density at radius 2 is 1.72 bits per heavy atom. The van der Waals surface area contributed by atoms with Crippen LogP contribution in [-0.2, 0) is 4.74 Å². The molecule has 1 unspecified atom stereocenters. The Balaban J connectivity index is 1.53. The Morgan fingerprint density at radius 1 is 0.944 bits per heavy atom. The molecule has 104 valence electrons. The van der Waals surface area contributed by atoms with Gasteiger partial charge in [-0.15, -0.1) is 0 Å². The van der Waals surface area contributed by atoms with Crippen LogP contribution < -0.4 is 5.32 Å². The van der Waals surface area contributed by atoms with Crippen molar-refractivity contribution >= 4 is 0 Å². The average Bonchev–Trinajstić information content (AvgIpc) is 2.49. The summed E-state index contributed by atoms with van der Waals surface area (Å²) in [6, 6.07) is 1.56. The number of hydrogen-bond acceptors (Lipinski definition) is 3. The third-order valence-corrected chi connectivity index (χ3v) is 5.16. The van der Waals surface area contributed by atoms with Crippen LogP contribution in [0.15, 0.2) is 0 Å². The van der Waals surface area contributed by atoms with Gasteiger partial charge in [0, 0.05) is 44.9 Å². The van der Waals surface area contributed by atoms with Crippen molar-refractivity contribution in [2.24, 2.45) is 5.92 Å². The summed E-state index contributed by atoms with van der Waals surface area (Å²) < 4.78 is 5.49. The highest BCUT2D eigenvalue weighted by molar-refractivity contribution is 4.88. The summed E-state index contributed by atoms with van der Waals surface area (Å²) in [6.07, 6.45) is 9.79. The summed E-state index contributed by atoms with van der Waals surface area (Å²) in [5.74, 6) is 0.946. The first-order valence-corrected chi connectivity index (χ1v) is 7.98. The zero-order valence-electron chi connectivity index (χ0n) is 11.6. The molecule has 3 aliphatic rings. The Kier molecular flexibility index (Phi) is 4.55. The van der Waals surface area contributed by atoms with Gasteiger partial charge in [-0.2, -0.15) is 0 Å². The molecule has 3 heteroatoms. The third-order valence-electron chi connectivity index (χ3n) is 5.16. The van der Waals surface area contributed by atoms with Crippen molar-refractivity contribution in [3.63, 3.8) is 0 Å². The van der Waals surface area contributed by atoms with Gasteiger partial charge in [-0.1, -0.05) is 19.3 Å². The number of ether oxygens (including phenoxy) is 1. The van der Waals surface area contributed by atoms with E-state index in [1.165, 1.54) is 64.6 Å². The Morgan fingerprint density at radius 3 is 2.50 bits per heavy atom. The highest BCUT2D eigenvalue weighted by atomic mass is 16.5. The first-order chi connectivity index (χ1) is 8.93. The highest BCUT2D eigenvalue weighted by Crippen LogP contribution is 2.28. The van der Waals surface area contributed by atoms with E-state index in [-0.39, 0.29) is 0 Å². The van der Waals surface area contributed by atoms with Crippen LogP contribution in [-0.4, -0.2) is 49.8 Å². The van der Waals surface area contributed by atoms with Crippen molar-refractivity contribution in [3.8, 4) is 0 Å². The predicted molar refractivity (Wildman–Crippen MR) is 73.8 cm³/mol. The van der Waals surface area contributed by atoms with E-state index in [0.717, 1.165) is 31.2 Å². The number of hydrogen-bond donors (Lipinski definition) is 1. The van der Waals surface area contributed by atoms with Crippen LogP contribution in [0.2, 0.25) is 0 Å². The molecule has 0 aromatic rings. The lowest BCUT2D eigenvalue weighted by atomic mass is 9.83. The van der Waals surface area contributed by atoms with E-state index in [0.29, 0.717) is 0 Å². The Hall–Kier alpha value is -0.120. The Bertz CT molecular complexity index is 223. The number of rotatable bonds is 2. The van der Waals surface area contributed by atoms with Gasteiger partial charge in [0.25, 0.3) is 0 Å². The molecule has 1 N–H and O–H groups in total. The van der Waals surface area contributed by atoms with Crippen LogP contribution in [0.1, 0.15) is 44.9 Å². The maximum absolute atomic E-state index is 5.49. The van der Waals surface area contributed by atoms with Crippen LogP contribution in [0.5, 0.6) is 0 Å². The lowest BCUT2D eigenvalue weighted by molar-refractivity contribution is 0.0171. The summed E-state index contributed by atoms with van der Waals surface area (Å²) in [5, 5.41) is 3.78. The summed E-state index contributed by atoms with van der Waals surface area (Å²) in [7, 11) is 0. The molecule has 1 aliphatic carbocycles. The molecule has 1 saturated carbocycles. The summed E-state index contributed by atoms with van der Waals surface area (Å²) in [5.41, 5.74) is 0. The third kappa shape index (κ3) is 3.06. The first-order valence-electron chi connectivity index (χ1n) is 7.98. The predicted octanol–water partition coefficient (Wildman–Crippen LogP) is 2.02. The van der Waals surface area contributed by atoms with Crippen molar-refractivity contribution in [2.45, 2.75) is 57.0 Å². The minimum atomic E-state index is 0.766. The van der Waals surface area contributed by atoms with E-state index in [4.69, 9.17) is 4.74 Å². The van der Waals surface area contributed by atoms with Gasteiger partial charge < -0.3 is 10.1 Å². The van der Waals surface area contributed by atoms with Crippen molar-refractivity contribution < 1.29 is 4.74 Å². The zero-order valence-corrected chi connectivity index (χ0v) is 11.6. The van der Waals surface area contributed by atoms with E-state index >= 15 is 0 Å². The zero-order chi connectivity index (χ0) is 12.2. The molecule has 3 nitrogen and oxygen atoms in total. The molecule has 2 saturated heterocycles. The SMILES string of the molecule is C1CCC(C2CN(C3CCOCC3)CCN2)CC1. The molecule has 0 bridgehead atoms. The van der Waals surface area contributed by atoms with Crippen molar-refractivity contribution in [1.82, 2.24) is 10.2 Å². The maximum Gasteiger partial charge on any atom is 0.0480 e. The molecule has 1 atom stereocenters. The molecule has 0 aromatic carbocycles. The lowest BCUT2D eigenvalue weighted by Gasteiger charge is -2.43. The molecular weight excluding hydrogens is 224 g/mol. The van der Waals surface area contributed by atoms with Crippen LogP contribution in [0.25, 0.3) is 0 Å². The number of piperazine rings is 1. The topological polar surface area (TPSA) is 24.5 Å². The Labute approximate surface area is 111 Å². The minimum absolute atomic E-state index is 0.766. The minimum Gasteiger partial charge on any atom is -0.381 e. The molecular formula is C15H28N2O. The van der Waals surface area contributed by atoms with E-state index in [2.05, 4.69) is 10.2 Å². The molecule has 3 fully saturated rings. The second kappa shape index (κ2) is 6.36. The van der Waals surface area contributed by atoms with Gasteiger partial charge in [-0.05, 0) is 31.6 Å². The normalized spacial score (nSPS) is 33.7. The smallest absolute Gasteiger partial charge is 0.0480 e. The largest absolute Gasteiger partial charge is 0.381 e. The summed E-state index contributed by atoms with van der Waals surface area (Å²) in [6.45, 7) is 5.67. The maximum atomic E-state index is 5.49. The van der Waals surface area contributed by atoms with Crippen molar-refractivity contribution in [3.05, 3.63) is 0 Å². The number of nitrogens with one attached hydrogen (secondary N) is 1. The van der Waals surface area contributed by atoms with Crippen molar-refractivity contribution in [1.29, 1.82) is 0 Å². The van der Waals surface area contributed by atoms with Gasteiger partial charge in [0.05, 0.1) is 0 Å². The molecule has 0 radical (unpaired) electrons. The molecule has 3 rings (SSSR count). The van der Waals surface area contributed by atoms with Crippen LogP contribution in [0.4, 0.5) is 0 Å². The van der Waals surface area contributed by atoms with E-state index < -0.39 is 0 Å². The van der Waals surface area contributed by atoms with Crippen molar-refractivity contribution in [2.75, 3.05) is 32.8 Å². The summed E-state index contributed by atoms with van der Waals surface area (Å²) >= 11 is 0. The molecule has 2 heterocycles. The highest BCUT2D eigenvalue weighted by Gasteiger charge is 2.31. The van der Waals surface area contributed by atoms with Gasteiger partial charge >= 0.3 is 0 Å². The molecule has 18 heavy (non-hydrogen) atoms. The van der Waals surface area contributed by atoms with Gasteiger partial charge in [0.1, 0.15) is 0 Å². The van der Waals surface area contributed by atoms with Gasteiger partial charge in [-0.25, -0.2) is 0 Å². The van der Waals surface area contributed by atoms with Crippen LogP contribution in [0, 0.1) is 5.92 Å². The molecule has 0 spiro atoms. The van der Waals surface area contributed by atoms with Gasteiger partial charge in [-0.3, -0.25) is 4.90 Å².